The monoisotopic (exact) mass is 179 g/mol. The van der Waals surface area contributed by atoms with Gasteiger partial charge in [-0.25, -0.2) is 8.78 Å². The molecule has 0 aromatic carbocycles. The van der Waals surface area contributed by atoms with Crippen molar-refractivity contribution in [1.29, 1.82) is 0 Å². The summed E-state index contributed by atoms with van der Waals surface area (Å²) in [7, 11) is 1.26. The highest BCUT2D eigenvalue weighted by Crippen LogP contribution is 2.28. The molecule has 5 heteroatoms. The highest BCUT2D eigenvalue weighted by Gasteiger charge is 2.44. The number of nitrogens with zero attached hydrogens (tertiary/aromatic N) is 1. The third kappa shape index (κ3) is 1.72. The molecule has 1 fully saturated rings. The summed E-state index contributed by atoms with van der Waals surface area (Å²) in [4.78, 5) is 11.3. The van der Waals surface area contributed by atoms with Crippen LogP contribution >= 0.6 is 0 Å². The summed E-state index contributed by atoms with van der Waals surface area (Å²) >= 11 is 0. The van der Waals surface area contributed by atoms with Crippen molar-refractivity contribution in [3.05, 3.63) is 0 Å². The number of hydrogen-bond donors (Lipinski definition) is 0. The smallest absolute Gasteiger partial charge is 0.290 e. The first-order chi connectivity index (χ1) is 5.60. The van der Waals surface area contributed by atoms with E-state index in [2.05, 4.69) is 4.74 Å². The van der Waals surface area contributed by atoms with E-state index in [0.29, 0.717) is 13.0 Å². The van der Waals surface area contributed by atoms with Crippen LogP contribution in [0, 0.1) is 0 Å². The number of hydrogen-bond acceptors (Lipinski definition) is 2. The van der Waals surface area contributed by atoms with Crippen molar-refractivity contribution < 1.29 is 18.3 Å². The minimum Gasteiger partial charge on any atom is -0.375 e. The molecular weight excluding hydrogens is 168 g/mol. The summed E-state index contributed by atoms with van der Waals surface area (Å²) in [6.07, 6.45) is -0.407. The molecule has 1 rings (SSSR count). The zero-order valence-electron chi connectivity index (χ0n) is 6.80. The summed E-state index contributed by atoms with van der Waals surface area (Å²) in [6.45, 7) is -0.188. The minimum absolute atomic E-state index is 0.197. The molecule has 1 saturated heterocycles. The summed E-state index contributed by atoms with van der Waals surface area (Å²) in [6, 6.07) is 0. The molecule has 0 aliphatic carbocycles. The van der Waals surface area contributed by atoms with E-state index < -0.39 is 18.6 Å². The van der Waals surface area contributed by atoms with Gasteiger partial charge in [0.25, 0.3) is 5.92 Å². The fraction of sp³-hybridized carbons (Fsp3) is 0.857. The number of amides is 1. The van der Waals surface area contributed by atoms with Crippen molar-refractivity contribution in [2.24, 2.45) is 0 Å². The van der Waals surface area contributed by atoms with E-state index >= 15 is 0 Å². The Labute approximate surface area is 69.3 Å². The maximum Gasteiger partial charge on any atom is 0.290 e. The second-order valence-corrected chi connectivity index (χ2v) is 2.85. The minimum atomic E-state index is -2.91. The van der Waals surface area contributed by atoms with E-state index in [9.17, 15) is 13.6 Å². The number of likely N-dealkylation sites (tertiary alicyclic amines) is 1. The molecule has 3 nitrogen and oxygen atoms in total. The van der Waals surface area contributed by atoms with Crippen LogP contribution in [0.5, 0.6) is 0 Å². The van der Waals surface area contributed by atoms with Gasteiger partial charge < -0.3 is 9.64 Å². The van der Waals surface area contributed by atoms with Crippen LogP contribution in [0.2, 0.25) is 0 Å². The van der Waals surface area contributed by atoms with Crippen molar-refractivity contribution in [2.45, 2.75) is 18.4 Å². The van der Waals surface area contributed by atoms with Gasteiger partial charge in [0.05, 0.1) is 6.54 Å². The number of rotatable bonds is 2. The van der Waals surface area contributed by atoms with Crippen molar-refractivity contribution in [3.8, 4) is 0 Å². The zero-order chi connectivity index (χ0) is 9.19. The molecule has 1 amide bonds. The average Bonchev–Trinajstić information content (AvgIpc) is 2.02. The highest BCUT2D eigenvalue weighted by atomic mass is 19.3. The van der Waals surface area contributed by atoms with Crippen LogP contribution in [-0.4, -0.2) is 43.5 Å². The molecule has 0 bridgehead atoms. The van der Waals surface area contributed by atoms with E-state index in [1.165, 1.54) is 7.11 Å². The first kappa shape index (κ1) is 9.38. The Morgan fingerprint density at radius 3 is 2.75 bits per heavy atom. The molecule has 1 aliphatic rings. The predicted molar refractivity (Wildman–Crippen MR) is 38.0 cm³/mol. The molecule has 0 unspecified atom stereocenters. The number of alkyl halides is 2. The number of halogens is 2. The Hall–Kier alpha value is -0.710. The molecule has 70 valence electrons. The summed E-state index contributed by atoms with van der Waals surface area (Å²) < 4.78 is 30.6. The van der Waals surface area contributed by atoms with Crippen molar-refractivity contribution >= 4 is 6.41 Å². The SMILES string of the molecule is CO[C@H]1CCN(C=O)CC1(F)F. The maximum atomic E-state index is 13.0. The quantitative estimate of drug-likeness (QED) is 0.578. The van der Waals surface area contributed by atoms with E-state index in [0.717, 1.165) is 4.90 Å². The molecular formula is C7H11F2NO2. The second kappa shape index (κ2) is 3.35. The lowest BCUT2D eigenvalue weighted by atomic mass is 10.0. The lowest BCUT2D eigenvalue weighted by Gasteiger charge is -2.35. The van der Waals surface area contributed by atoms with Gasteiger partial charge in [0.2, 0.25) is 6.41 Å². The van der Waals surface area contributed by atoms with Crippen LogP contribution in [0.1, 0.15) is 6.42 Å². The van der Waals surface area contributed by atoms with Crippen molar-refractivity contribution in [3.63, 3.8) is 0 Å². The van der Waals surface area contributed by atoms with E-state index in [1.54, 1.807) is 0 Å². The Morgan fingerprint density at radius 2 is 2.33 bits per heavy atom. The van der Waals surface area contributed by atoms with Gasteiger partial charge in [-0.05, 0) is 6.42 Å². The van der Waals surface area contributed by atoms with Gasteiger partial charge in [-0.2, -0.15) is 0 Å². The highest BCUT2D eigenvalue weighted by molar-refractivity contribution is 5.47. The molecule has 12 heavy (non-hydrogen) atoms. The van der Waals surface area contributed by atoms with Crippen LogP contribution < -0.4 is 0 Å². The van der Waals surface area contributed by atoms with Crippen LogP contribution in [0.3, 0.4) is 0 Å². The maximum absolute atomic E-state index is 13.0. The number of piperidine rings is 1. The van der Waals surface area contributed by atoms with Crippen LogP contribution in [-0.2, 0) is 9.53 Å². The standard InChI is InChI=1S/C7H11F2NO2/c1-12-6-2-3-10(5-11)4-7(6,8)9/h5-6H,2-4H2,1H3/t6-/m0/s1. The zero-order valence-corrected chi connectivity index (χ0v) is 6.80. The van der Waals surface area contributed by atoms with Gasteiger partial charge in [-0.1, -0.05) is 0 Å². The number of methoxy groups -OCH3 is 1. The third-order valence-corrected chi connectivity index (χ3v) is 2.00. The van der Waals surface area contributed by atoms with Gasteiger partial charge in [0.15, 0.2) is 0 Å². The molecule has 0 radical (unpaired) electrons. The topological polar surface area (TPSA) is 29.5 Å². The van der Waals surface area contributed by atoms with E-state index in [1.807, 2.05) is 0 Å². The first-order valence-electron chi connectivity index (χ1n) is 3.70. The lowest BCUT2D eigenvalue weighted by molar-refractivity contribution is -0.166. The van der Waals surface area contributed by atoms with Crippen LogP contribution in [0.25, 0.3) is 0 Å². The van der Waals surface area contributed by atoms with Crippen LogP contribution in [0.15, 0.2) is 0 Å². The molecule has 0 spiro atoms. The molecule has 0 saturated carbocycles. The normalized spacial score (nSPS) is 28.6. The average molecular weight is 179 g/mol. The lowest BCUT2D eigenvalue weighted by Crippen LogP contribution is -2.51. The molecule has 0 aromatic rings. The van der Waals surface area contributed by atoms with Gasteiger partial charge in [-0.3, -0.25) is 4.79 Å². The van der Waals surface area contributed by atoms with Crippen LogP contribution in [0.4, 0.5) is 8.78 Å². The van der Waals surface area contributed by atoms with Gasteiger partial charge in [0, 0.05) is 13.7 Å². The molecule has 1 aliphatic heterocycles. The van der Waals surface area contributed by atoms with Gasteiger partial charge in [0.1, 0.15) is 6.10 Å². The summed E-state index contributed by atoms with van der Waals surface area (Å²) in [5.41, 5.74) is 0. The van der Waals surface area contributed by atoms with E-state index in [4.69, 9.17) is 0 Å². The fourth-order valence-electron chi connectivity index (χ4n) is 1.33. The third-order valence-electron chi connectivity index (χ3n) is 2.00. The summed E-state index contributed by atoms with van der Waals surface area (Å²) in [5.74, 6) is -2.91. The Morgan fingerprint density at radius 1 is 1.67 bits per heavy atom. The largest absolute Gasteiger partial charge is 0.375 e. The first-order valence-corrected chi connectivity index (χ1v) is 3.70. The van der Waals surface area contributed by atoms with Crippen molar-refractivity contribution in [2.75, 3.05) is 20.2 Å². The molecule has 1 heterocycles. The molecule has 1 atom stereocenters. The fourth-order valence-corrected chi connectivity index (χ4v) is 1.33. The number of ether oxygens (including phenoxy) is 1. The van der Waals surface area contributed by atoms with Gasteiger partial charge >= 0.3 is 0 Å². The predicted octanol–water partition coefficient (Wildman–Crippen LogP) is 0.499. The Kier molecular flexibility index (Phi) is 2.62. The molecule has 0 N–H and O–H groups in total. The van der Waals surface area contributed by atoms with E-state index in [-0.39, 0.29) is 6.42 Å². The van der Waals surface area contributed by atoms with Gasteiger partial charge in [-0.15, -0.1) is 0 Å². The Balaban J connectivity index is 2.60. The van der Waals surface area contributed by atoms with Crippen molar-refractivity contribution in [1.82, 2.24) is 4.90 Å². The molecule has 0 aromatic heterocycles. The number of carbonyl (C=O) groups is 1. The number of carbonyl (C=O) groups excluding carboxylic acids is 1. The summed E-state index contributed by atoms with van der Waals surface area (Å²) in [5, 5.41) is 0. The Bertz CT molecular complexity index is 175. The second-order valence-electron chi connectivity index (χ2n) is 2.85.